The van der Waals surface area contributed by atoms with Gasteiger partial charge in [0.1, 0.15) is 5.75 Å². The minimum Gasteiger partial charge on any atom is -0.495 e. The molecule has 9 heteroatoms. The van der Waals surface area contributed by atoms with E-state index in [2.05, 4.69) is 29.4 Å². The lowest BCUT2D eigenvalue weighted by Crippen LogP contribution is -2.37. The Kier molecular flexibility index (Phi) is 8.34. The molecule has 0 saturated carbocycles. The maximum absolute atomic E-state index is 11.9. The van der Waals surface area contributed by atoms with Gasteiger partial charge in [0.15, 0.2) is 0 Å². The standard InChI is InChI=1S/C16H24N4O5/c1-4-19(5-2)10-6-9-17-15(21)16(22)18-13-11-12(20(23)24)7-8-14(13)25-3/h7-8,11H,4-6,9-10H2,1-3H3,(H,17,21)(H,18,22). The van der Waals surface area contributed by atoms with Gasteiger partial charge in [-0.15, -0.1) is 0 Å². The second kappa shape index (κ2) is 10.2. The van der Waals surface area contributed by atoms with Crippen molar-refractivity contribution in [2.45, 2.75) is 20.3 Å². The Morgan fingerprint density at radius 1 is 1.24 bits per heavy atom. The van der Waals surface area contributed by atoms with Crippen molar-refractivity contribution in [3.8, 4) is 5.75 Å². The van der Waals surface area contributed by atoms with E-state index in [4.69, 9.17) is 4.74 Å². The number of hydrogen-bond acceptors (Lipinski definition) is 6. The summed E-state index contributed by atoms with van der Waals surface area (Å²) in [5.74, 6) is -1.47. The summed E-state index contributed by atoms with van der Waals surface area (Å²) in [6.45, 7) is 7.17. The molecule has 0 fully saturated rings. The maximum Gasteiger partial charge on any atom is 0.313 e. The number of anilines is 1. The normalized spacial score (nSPS) is 10.4. The zero-order valence-corrected chi connectivity index (χ0v) is 14.7. The minimum absolute atomic E-state index is 0.0694. The summed E-state index contributed by atoms with van der Waals surface area (Å²) < 4.78 is 5.04. The SMILES string of the molecule is CCN(CC)CCCNC(=O)C(=O)Nc1cc([N+](=O)[O-])ccc1OC. The highest BCUT2D eigenvalue weighted by molar-refractivity contribution is 6.39. The second-order valence-corrected chi connectivity index (χ2v) is 5.23. The van der Waals surface area contributed by atoms with Crippen molar-refractivity contribution in [2.24, 2.45) is 0 Å². The van der Waals surface area contributed by atoms with E-state index >= 15 is 0 Å². The molecule has 1 rings (SSSR count). The van der Waals surface area contributed by atoms with Crippen molar-refractivity contribution in [3.05, 3.63) is 28.3 Å². The van der Waals surface area contributed by atoms with Crippen LogP contribution in [0.15, 0.2) is 18.2 Å². The molecule has 0 unspecified atom stereocenters. The highest BCUT2D eigenvalue weighted by atomic mass is 16.6. The number of nitrogens with one attached hydrogen (secondary N) is 2. The first-order valence-corrected chi connectivity index (χ1v) is 8.06. The quantitative estimate of drug-likeness (QED) is 0.300. The molecule has 0 aliphatic heterocycles. The van der Waals surface area contributed by atoms with E-state index in [0.29, 0.717) is 6.54 Å². The number of ether oxygens (including phenoxy) is 1. The van der Waals surface area contributed by atoms with E-state index in [1.165, 1.54) is 19.2 Å². The average Bonchev–Trinajstić information content (AvgIpc) is 2.61. The zero-order chi connectivity index (χ0) is 18.8. The predicted octanol–water partition coefficient (Wildman–Crippen LogP) is 1.39. The van der Waals surface area contributed by atoms with Crippen LogP contribution >= 0.6 is 0 Å². The first-order valence-electron chi connectivity index (χ1n) is 8.06. The second-order valence-electron chi connectivity index (χ2n) is 5.23. The number of nitro groups is 1. The van der Waals surface area contributed by atoms with Gasteiger partial charge in [-0.25, -0.2) is 0 Å². The van der Waals surface area contributed by atoms with Gasteiger partial charge in [-0.05, 0) is 32.1 Å². The number of amides is 2. The van der Waals surface area contributed by atoms with Crippen LogP contribution in [0, 0.1) is 10.1 Å². The lowest BCUT2D eigenvalue weighted by Gasteiger charge is -2.17. The predicted molar refractivity (Wildman–Crippen MR) is 93.7 cm³/mol. The van der Waals surface area contributed by atoms with Crippen LogP contribution in [0.4, 0.5) is 11.4 Å². The van der Waals surface area contributed by atoms with Crippen molar-refractivity contribution in [1.29, 1.82) is 0 Å². The number of nitro benzene ring substituents is 1. The van der Waals surface area contributed by atoms with Crippen LogP contribution in [0.5, 0.6) is 5.75 Å². The van der Waals surface area contributed by atoms with Crippen LogP contribution in [-0.2, 0) is 9.59 Å². The largest absolute Gasteiger partial charge is 0.495 e. The van der Waals surface area contributed by atoms with E-state index in [1.807, 2.05) is 0 Å². The van der Waals surface area contributed by atoms with E-state index in [0.717, 1.165) is 32.1 Å². The van der Waals surface area contributed by atoms with Crippen molar-refractivity contribution in [3.63, 3.8) is 0 Å². The molecular formula is C16H24N4O5. The maximum atomic E-state index is 11.9. The fraction of sp³-hybridized carbons (Fsp3) is 0.500. The van der Waals surface area contributed by atoms with Crippen molar-refractivity contribution < 1.29 is 19.2 Å². The van der Waals surface area contributed by atoms with Gasteiger partial charge in [0, 0.05) is 18.7 Å². The molecule has 0 heterocycles. The summed E-state index contributed by atoms with van der Waals surface area (Å²) in [6.07, 6.45) is 0.723. The molecule has 0 aliphatic carbocycles. The first kappa shape index (κ1) is 20.4. The minimum atomic E-state index is -0.901. The molecule has 0 aliphatic rings. The molecule has 1 aromatic carbocycles. The third-order valence-corrected chi connectivity index (χ3v) is 3.68. The van der Waals surface area contributed by atoms with Gasteiger partial charge in [-0.3, -0.25) is 19.7 Å². The van der Waals surface area contributed by atoms with Gasteiger partial charge in [-0.1, -0.05) is 13.8 Å². The molecular weight excluding hydrogens is 328 g/mol. The Hall–Kier alpha value is -2.68. The molecule has 1 aromatic rings. The molecule has 9 nitrogen and oxygen atoms in total. The number of methoxy groups -OCH3 is 1. The summed E-state index contributed by atoms with van der Waals surface area (Å²) >= 11 is 0. The van der Waals surface area contributed by atoms with Gasteiger partial charge >= 0.3 is 11.8 Å². The monoisotopic (exact) mass is 352 g/mol. The molecule has 2 amide bonds. The molecule has 0 atom stereocenters. The van der Waals surface area contributed by atoms with Crippen LogP contribution in [0.3, 0.4) is 0 Å². The molecule has 2 N–H and O–H groups in total. The number of nitrogens with zero attached hydrogens (tertiary/aromatic N) is 2. The first-order chi connectivity index (χ1) is 11.9. The number of non-ortho nitro benzene ring substituents is 1. The Bertz CT molecular complexity index is 617. The fourth-order valence-electron chi connectivity index (χ4n) is 2.21. The van der Waals surface area contributed by atoms with Crippen LogP contribution in [-0.4, -0.2) is 54.9 Å². The van der Waals surface area contributed by atoms with Crippen molar-refractivity contribution in [1.82, 2.24) is 10.2 Å². The third kappa shape index (κ3) is 6.38. The molecule has 0 radical (unpaired) electrons. The summed E-state index contributed by atoms with van der Waals surface area (Å²) in [7, 11) is 1.37. The topological polar surface area (TPSA) is 114 Å². The smallest absolute Gasteiger partial charge is 0.313 e. The number of carbonyl (C=O) groups is 2. The van der Waals surface area contributed by atoms with Gasteiger partial charge in [-0.2, -0.15) is 0 Å². The number of benzene rings is 1. The van der Waals surface area contributed by atoms with Gasteiger partial charge in [0.2, 0.25) is 0 Å². The van der Waals surface area contributed by atoms with Crippen molar-refractivity contribution in [2.75, 3.05) is 38.6 Å². The highest BCUT2D eigenvalue weighted by Gasteiger charge is 2.18. The molecule has 0 aromatic heterocycles. The lowest BCUT2D eigenvalue weighted by atomic mass is 10.2. The van der Waals surface area contributed by atoms with Crippen molar-refractivity contribution >= 4 is 23.2 Å². The van der Waals surface area contributed by atoms with E-state index in [-0.39, 0.29) is 17.1 Å². The van der Waals surface area contributed by atoms with Gasteiger partial charge < -0.3 is 20.3 Å². The number of hydrogen-bond donors (Lipinski definition) is 2. The summed E-state index contributed by atoms with van der Waals surface area (Å²) in [5, 5.41) is 15.7. The van der Waals surface area contributed by atoms with Crippen LogP contribution < -0.4 is 15.4 Å². The summed E-state index contributed by atoms with van der Waals surface area (Å²) in [4.78, 5) is 36.2. The van der Waals surface area contributed by atoms with E-state index < -0.39 is 16.7 Å². The molecule has 0 spiro atoms. The van der Waals surface area contributed by atoms with Crippen LogP contribution in [0.2, 0.25) is 0 Å². The molecule has 0 bridgehead atoms. The molecule has 0 saturated heterocycles. The van der Waals surface area contributed by atoms with Gasteiger partial charge in [0.25, 0.3) is 5.69 Å². The molecule has 25 heavy (non-hydrogen) atoms. The number of rotatable bonds is 9. The van der Waals surface area contributed by atoms with Crippen LogP contribution in [0.1, 0.15) is 20.3 Å². The zero-order valence-electron chi connectivity index (χ0n) is 14.7. The summed E-state index contributed by atoms with van der Waals surface area (Å²) in [6, 6.07) is 3.75. The Morgan fingerprint density at radius 2 is 1.92 bits per heavy atom. The van der Waals surface area contributed by atoms with E-state index in [9.17, 15) is 19.7 Å². The number of carbonyl (C=O) groups excluding carboxylic acids is 2. The summed E-state index contributed by atoms with van der Waals surface area (Å²) in [5.41, 5.74) is -0.143. The van der Waals surface area contributed by atoms with Gasteiger partial charge in [0.05, 0.1) is 17.7 Å². The Morgan fingerprint density at radius 3 is 2.48 bits per heavy atom. The van der Waals surface area contributed by atoms with Crippen LogP contribution in [0.25, 0.3) is 0 Å². The Balaban J connectivity index is 2.59. The Labute approximate surface area is 146 Å². The fourth-order valence-corrected chi connectivity index (χ4v) is 2.21. The highest BCUT2D eigenvalue weighted by Crippen LogP contribution is 2.28. The third-order valence-electron chi connectivity index (χ3n) is 3.68. The average molecular weight is 352 g/mol. The molecule has 138 valence electrons. The van der Waals surface area contributed by atoms with E-state index in [1.54, 1.807) is 0 Å². The lowest BCUT2D eigenvalue weighted by molar-refractivity contribution is -0.384.